The van der Waals surface area contributed by atoms with Gasteiger partial charge in [0.25, 0.3) is 0 Å². The summed E-state index contributed by atoms with van der Waals surface area (Å²) in [4.78, 5) is 2.39. The van der Waals surface area contributed by atoms with Crippen molar-refractivity contribution in [3.63, 3.8) is 0 Å². The molecule has 114 valence electrons. The largest absolute Gasteiger partial charge is 0.310 e. The number of halogens is 1. The van der Waals surface area contributed by atoms with Gasteiger partial charge in [-0.15, -0.1) is 0 Å². The minimum Gasteiger partial charge on any atom is -0.310 e. The van der Waals surface area contributed by atoms with Crippen LogP contribution in [0.15, 0.2) is 24.3 Å². The van der Waals surface area contributed by atoms with Gasteiger partial charge in [-0.1, -0.05) is 37.1 Å². The van der Waals surface area contributed by atoms with Gasteiger partial charge >= 0.3 is 0 Å². The van der Waals surface area contributed by atoms with E-state index in [0.717, 1.165) is 18.1 Å². The van der Waals surface area contributed by atoms with Crippen molar-refractivity contribution in [3.8, 4) is 0 Å². The topological polar surface area (TPSA) is 15.3 Å². The predicted octanol–water partition coefficient (Wildman–Crippen LogP) is 4.50. The van der Waals surface area contributed by atoms with Crippen LogP contribution in [0.3, 0.4) is 0 Å². The van der Waals surface area contributed by atoms with Gasteiger partial charge < -0.3 is 10.2 Å². The maximum absolute atomic E-state index is 5.96. The third-order valence-corrected chi connectivity index (χ3v) is 4.06. The monoisotopic (exact) mass is 296 g/mol. The number of nitrogens with one attached hydrogen (secondary N) is 1. The maximum Gasteiger partial charge on any atom is 0.0406 e. The number of benzene rings is 1. The fourth-order valence-corrected chi connectivity index (χ4v) is 2.36. The predicted molar refractivity (Wildman–Crippen MR) is 89.5 cm³/mol. The van der Waals surface area contributed by atoms with Crippen LogP contribution < -0.4 is 5.32 Å². The van der Waals surface area contributed by atoms with E-state index in [4.69, 9.17) is 11.6 Å². The second-order valence-electron chi connectivity index (χ2n) is 5.77. The molecule has 0 aromatic heterocycles. The summed E-state index contributed by atoms with van der Waals surface area (Å²) in [5.41, 5.74) is 1.34. The van der Waals surface area contributed by atoms with Gasteiger partial charge in [-0.3, -0.25) is 0 Å². The van der Waals surface area contributed by atoms with Crippen LogP contribution in [0.25, 0.3) is 0 Å². The van der Waals surface area contributed by atoms with Gasteiger partial charge in [0.1, 0.15) is 0 Å². The van der Waals surface area contributed by atoms with Crippen LogP contribution in [0.4, 0.5) is 0 Å². The Morgan fingerprint density at radius 1 is 1.20 bits per heavy atom. The smallest absolute Gasteiger partial charge is 0.0406 e. The van der Waals surface area contributed by atoms with Crippen molar-refractivity contribution >= 4 is 11.6 Å². The Morgan fingerprint density at radius 2 is 1.85 bits per heavy atom. The van der Waals surface area contributed by atoms with Crippen molar-refractivity contribution in [2.24, 2.45) is 0 Å². The molecule has 0 fully saturated rings. The lowest BCUT2D eigenvalue weighted by Gasteiger charge is -2.23. The highest BCUT2D eigenvalue weighted by atomic mass is 35.5. The zero-order valence-corrected chi connectivity index (χ0v) is 14.1. The average Bonchev–Trinajstić information content (AvgIpc) is 2.43. The molecule has 2 nitrogen and oxygen atoms in total. The SMILES string of the molecule is CCCC(NCCCN(C)C(C)C)c1ccc(Cl)cc1. The fourth-order valence-electron chi connectivity index (χ4n) is 2.23. The summed E-state index contributed by atoms with van der Waals surface area (Å²) in [5, 5.41) is 4.49. The zero-order valence-electron chi connectivity index (χ0n) is 13.3. The van der Waals surface area contributed by atoms with Crippen LogP contribution in [0.2, 0.25) is 5.02 Å². The average molecular weight is 297 g/mol. The number of nitrogens with zero attached hydrogens (tertiary/aromatic N) is 1. The normalized spacial score (nSPS) is 13.2. The molecule has 1 aromatic rings. The van der Waals surface area contributed by atoms with E-state index in [-0.39, 0.29) is 0 Å². The van der Waals surface area contributed by atoms with E-state index >= 15 is 0 Å². The maximum atomic E-state index is 5.96. The van der Waals surface area contributed by atoms with Crippen LogP contribution in [0.5, 0.6) is 0 Å². The molecule has 0 aliphatic heterocycles. The summed E-state index contributed by atoms with van der Waals surface area (Å²) in [5.74, 6) is 0. The molecule has 1 aromatic carbocycles. The minimum atomic E-state index is 0.446. The van der Waals surface area contributed by atoms with Gasteiger partial charge in [-0.2, -0.15) is 0 Å². The third-order valence-electron chi connectivity index (χ3n) is 3.81. The first-order valence-corrected chi connectivity index (χ1v) is 8.11. The van der Waals surface area contributed by atoms with Crippen LogP contribution in [0, 0.1) is 0 Å². The van der Waals surface area contributed by atoms with Crippen LogP contribution >= 0.6 is 11.6 Å². The highest BCUT2D eigenvalue weighted by Crippen LogP contribution is 2.20. The van der Waals surface area contributed by atoms with Crippen molar-refractivity contribution in [1.29, 1.82) is 0 Å². The highest BCUT2D eigenvalue weighted by molar-refractivity contribution is 6.30. The van der Waals surface area contributed by atoms with Crippen molar-refractivity contribution in [2.45, 2.75) is 52.1 Å². The zero-order chi connectivity index (χ0) is 15.0. The lowest BCUT2D eigenvalue weighted by atomic mass is 10.0. The molecule has 0 spiro atoms. The lowest BCUT2D eigenvalue weighted by molar-refractivity contribution is 0.267. The molecular weight excluding hydrogens is 268 g/mol. The molecule has 20 heavy (non-hydrogen) atoms. The number of rotatable bonds is 9. The number of hydrogen-bond acceptors (Lipinski definition) is 2. The molecule has 0 saturated heterocycles. The van der Waals surface area contributed by atoms with E-state index in [2.05, 4.69) is 50.2 Å². The Kier molecular flexibility index (Phi) is 8.20. The quantitative estimate of drug-likeness (QED) is 0.675. The molecule has 1 unspecified atom stereocenters. The summed E-state index contributed by atoms with van der Waals surface area (Å²) < 4.78 is 0. The van der Waals surface area contributed by atoms with E-state index in [9.17, 15) is 0 Å². The molecule has 1 atom stereocenters. The molecule has 0 radical (unpaired) electrons. The Labute approximate surface area is 129 Å². The molecule has 1 N–H and O–H groups in total. The van der Waals surface area contributed by atoms with E-state index < -0.39 is 0 Å². The third kappa shape index (κ3) is 6.25. The van der Waals surface area contributed by atoms with Crippen molar-refractivity contribution in [1.82, 2.24) is 10.2 Å². The molecule has 3 heteroatoms. The van der Waals surface area contributed by atoms with Gasteiger partial charge in [0.15, 0.2) is 0 Å². The Balaban J connectivity index is 2.41. The van der Waals surface area contributed by atoms with Crippen LogP contribution in [-0.2, 0) is 0 Å². The summed E-state index contributed by atoms with van der Waals surface area (Å²) in [6.45, 7) is 8.91. The van der Waals surface area contributed by atoms with Gasteiger partial charge in [0, 0.05) is 17.1 Å². The van der Waals surface area contributed by atoms with Gasteiger partial charge in [0.2, 0.25) is 0 Å². The molecule has 0 bridgehead atoms. The Morgan fingerprint density at radius 3 is 2.40 bits per heavy atom. The van der Waals surface area contributed by atoms with Crippen molar-refractivity contribution in [3.05, 3.63) is 34.9 Å². The summed E-state index contributed by atoms with van der Waals surface area (Å²) in [6.07, 6.45) is 3.54. The minimum absolute atomic E-state index is 0.446. The van der Waals surface area contributed by atoms with Gasteiger partial charge in [-0.25, -0.2) is 0 Å². The highest BCUT2D eigenvalue weighted by Gasteiger charge is 2.10. The first-order valence-electron chi connectivity index (χ1n) is 7.73. The van der Waals surface area contributed by atoms with E-state index in [0.29, 0.717) is 12.1 Å². The van der Waals surface area contributed by atoms with Crippen molar-refractivity contribution < 1.29 is 0 Å². The summed E-state index contributed by atoms with van der Waals surface area (Å²) in [6, 6.07) is 9.30. The molecule has 0 amide bonds. The second-order valence-corrected chi connectivity index (χ2v) is 6.21. The standard InChI is InChI=1S/C17H29ClN2/c1-5-7-17(15-8-10-16(18)11-9-15)19-12-6-13-20(4)14(2)3/h8-11,14,17,19H,5-7,12-13H2,1-4H3. The number of hydrogen-bond donors (Lipinski definition) is 1. The molecule has 0 saturated carbocycles. The van der Waals surface area contributed by atoms with Crippen molar-refractivity contribution in [2.75, 3.05) is 20.1 Å². The van der Waals surface area contributed by atoms with E-state index in [1.54, 1.807) is 0 Å². The molecular formula is C17H29ClN2. The second kappa shape index (κ2) is 9.38. The van der Waals surface area contributed by atoms with Crippen LogP contribution in [-0.4, -0.2) is 31.1 Å². The first kappa shape index (κ1) is 17.5. The molecule has 0 aliphatic carbocycles. The Bertz CT molecular complexity index is 362. The molecule has 1 rings (SSSR count). The van der Waals surface area contributed by atoms with Crippen LogP contribution in [0.1, 0.15) is 51.6 Å². The van der Waals surface area contributed by atoms with E-state index in [1.807, 2.05) is 12.1 Å². The van der Waals surface area contributed by atoms with Gasteiger partial charge in [0.05, 0.1) is 0 Å². The first-order chi connectivity index (χ1) is 9.54. The Hall–Kier alpha value is -0.570. The lowest BCUT2D eigenvalue weighted by Crippen LogP contribution is -2.30. The summed E-state index contributed by atoms with van der Waals surface area (Å²) in [7, 11) is 2.19. The molecule has 0 aliphatic rings. The fraction of sp³-hybridized carbons (Fsp3) is 0.647. The molecule has 0 heterocycles. The van der Waals surface area contributed by atoms with E-state index in [1.165, 1.54) is 24.8 Å². The van der Waals surface area contributed by atoms with Gasteiger partial charge in [-0.05, 0) is 64.5 Å². The summed E-state index contributed by atoms with van der Waals surface area (Å²) >= 11 is 5.96.